The van der Waals surface area contributed by atoms with Crippen molar-refractivity contribution in [3.8, 4) is 0 Å². The minimum Gasteiger partial charge on any atom is -0.394 e. The van der Waals surface area contributed by atoms with Crippen LogP contribution in [0.25, 0.3) is 0 Å². The second kappa shape index (κ2) is 5.80. The molecule has 0 aromatic heterocycles. The standard InChI is InChI=1S/C10H18N2O7/c1-4(14)11-9-8(17)7(16)6(3-13)19-10(9,18)12-5(2)15/h6-9,13,16-18H,3H2,1-2H3,(H,11,14)(H,12,15)/t6-,7-,8+,9-,10?/m1/s1/i1D. The van der Waals surface area contributed by atoms with E-state index in [1.54, 1.807) is 0 Å². The van der Waals surface area contributed by atoms with Gasteiger partial charge in [-0.3, -0.25) is 9.59 Å². The molecule has 1 aliphatic heterocycles. The molecule has 0 radical (unpaired) electrons. The Bertz CT molecular complexity index is 383. The topological polar surface area (TPSA) is 148 Å². The Kier molecular flexibility index (Phi) is 4.32. The summed E-state index contributed by atoms with van der Waals surface area (Å²) in [7, 11) is 0. The van der Waals surface area contributed by atoms with Crippen LogP contribution in [0.5, 0.6) is 0 Å². The molecule has 110 valence electrons. The van der Waals surface area contributed by atoms with Crippen molar-refractivity contribution < 1.29 is 36.1 Å². The van der Waals surface area contributed by atoms with Crippen molar-refractivity contribution in [1.29, 1.82) is 0 Å². The van der Waals surface area contributed by atoms with Crippen molar-refractivity contribution in [2.75, 3.05) is 6.61 Å². The summed E-state index contributed by atoms with van der Waals surface area (Å²) in [5.41, 5.74) is 0. The fraction of sp³-hybridized carbons (Fsp3) is 0.800. The van der Waals surface area contributed by atoms with E-state index in [4.69, 9.17) is 11.2 Å². The third-order valence-corrected chi connectivity index (χ3v) is 2.68. The predicted molar refractivity (Wildman–Crippen MR) is 60.3 cm³/mol. The fourth-order valence-electron chi connectivity index (χ4n) is 1.88. The van der Waals surface area contributed by atoms with Gasteiger partial charge in [0.25, 0.3) is 5.91 Å². The highest BCUT2D eigenvalue weighted by Gasteiger charge is 2.54. The highest BCUT2D eigenvalue weighted by Crippen LogP contribution is 2.26. The molecule has 1 aliphatic rings. The third kappa shape index (κ3) is 3.39. The Balaban J connectivity index is 3.04. The first kappa shape index (κ1) is 14.2. The summed E-state index contributed by atoms with van der Waals surface area (Å²) in [6.07, 6.45) is -4.66. The van der Waals surface area contributed by atoms with Gasteiger partial charge in [-0.2, -0.15) is 0 Å². The average Bonchev–Trinajstić information content (AvgIpc) is 2.38. The molecule has 6 N–H and O–H groups in total. The third-order valence-electron chi connectivity index (χ3n) is 2.68. The number of ether oxygens (including phenoxy) is 1. The van der Waals surface area contributed by atoms with E-state index in [1.807, 2.05) is 5.32 Å². The molecular formula is C10H18N2O7. The Hall–Kier alpha value is -1.26. The Morgan fingerprint density at radius 1 is 1.37 bits per heavy atom. The maximum absolute atomic E-state index is 11.2. The van der Waals surface area contributed by atoms with Crippen LogP contribution in [0.15, 0.2) is 0 Å². The number of aliphatic hydroxyl groups is 4. The Labute approximate surface area is 110 Å². The smallest absolute Gasteiger partial charge is 0.273 e. The lowest BCUT2D eigenvalue weighted by Gasteiger charge is -2.47. The molecule has 1 saturated heterocycles. The molecule has 1 rings (SSSR count). The maximum Gasteiger partial charge on any atom is 0.273 e. The van der Waals surface area contributed by atoms with Gasteiger partial charge in [-0.1, -0.05) is 0 Å². The van der Waals surface area contributed by atoms with E-state index < -0.39 is 55.6 Å². The van der Waals surface area contributed by atoms with Crippen molar-refractivity contribution in [2.45, 2.75) is 44.1 Å². The first-order valence-corrected chi connectivity index (χ1v) is 5.49. The Morgan fingerprint density at radius 2 is 2.00 bits per heavy atom. The zero-order valence-electron chi connectivity index (χ0n) is 11.2. The number of nitrogens with one attached hydrogen (secondary N) is 2. The molecule has 9 heteroatoms. The summed E-state index contributed by atoms with van der Waals surface area (Å²) in [5.74, 6) is -4.09. The van der Waals surface area contributed by atoms with Gasteiger partial charge in [0.15, 0.2) is 0 Å². The number of hydrogen-bond donors (Lipinski definition) is 6. The van der Waals surface area contributed by atoms with Crippen LogP contribution < -0.4 is 10.6 Å². The molecular weight excluding hydrogens is 260 g/mol. The fourth-order valence-corrected chi connectivity index (χ4v) is 1.88. The van der Waals surface area contributed by atoms with E-state index in [-0.39, 0.29) is 0 Å². The number of amides is 2. The predicted octanol–water partition coefficient (Wildman–Crippen LogP) is -3.61. The van der Waals surface area contributed by atoms with Crippen LogP contribution in [0.2, 0.25) is 0 Å². The number of hydrogen-bond acceptors (Lipinski definition) is 7. The van der Waals surface area contributed by atoms with Crippen LogP contribution in [0.3, 0.4) is 0 Å². The molecule has 1 unspecified atom stereocenters. The number of carbonyl (C=O) groups excluding carboxylic acids is 2. The van der Waals surface area contributed by atoms with Gasteiger partial charge in [0.05, 0.1) is 6.61 Å². The van der Waals surface area contributed by atoms with E-state index >= 15 is 0 Å². The van der Waals surface area contributed by atoms with E-state index in [2.05, 4.69) is 5.32 Å². The molecule has 0 saturated carbocycles. The van der Waals surface area contributed by atoms with E-state index in [0.717, 1.165) is 6.92 Å². The summed E-state index contributed by atoms with van der Waals surface area (Å²) in [6.45, 7) is -0.339. The van der Waals surface area contributed by atoms with Crippen LogP contribution >= 0.6 is 0 Å². The summed E-state index contributed by atoms with van der Waals surface area (Å²) in [6, 6.07) is -1.60. The van der Waals surface area contributed by atoms with Crippen molar-refractivity contribution in [2.24, 2.45) is 0 Å². The van der Waals surface area contributed by atoms with Gasteiger partial charge in [0.2, 0.25) is 11.8 Å². The van der Waals surface area contributed by atoms with Gasteiger partial charge >= 0.3 is 0 Å². The molecule has 0 aliphatic carbocycles. The van der Waals surface area contributed by atoms with Gasteiger partial charge < -0.3 is 35.8 Å². The van der Waals surface area contributed by atoms with Crippen LogP contribution in [-0.2, 0) is 14.3 Å². The average molecular weight is 279 g/mol. The molecule has 2 amide bonds. The lowest BCUT2D eigenvalue weighted by Crippen LogP contribution is -2.75. The van der Waals surface area contributed by atoms with E-state index in [9.17, 15) is 24.9 Å². The second-order valence-electron chi connectivity index (χ2n) is 4.24. The molecule has 0 aromatic rings. The van der Waals surface area contributed by atoms with Gasteiger partial charge in [0, 0.05) is 15.2 Å². The lowest BCUT2D eigenvalue weighted by atomic mass is 9.94. The molecule has 5 atom stereocenters. The zero-order valence-corrected chi connectivity index (χ0v) is 10.2. The molecule has 0 spiro atoms. The molecule has 1 heterocycles. The minimum atomic E-state index is -2.51. The first-order chi connectivity index (χ1) is 9.25. The van der Waals surface area contributed by atoms with Crippen molar-refractivity contribution >= 4 is 11.8 Å². The second-order valence-corrected chi connectivity index (χ2v) is 4.24. The normalized spacial score (nSPS) is 39.3. The molecule has 19 heavy (non-hydrogen) atoms. The zero-order chi connectivity index (χ0) is 15.5. The number of aliphatic hydroxyl groups excluding tert-OH is 3. The van der Waals surface area contributed by atoms with Crippen LogP contribution in [0.4, 0.5) is 0 Å². The van der Waals surface area contributed by atoms with E-state index in [1.165, 1.54) is 0 Å². The molecule has 1 fully saturated rings. The van der Waals surface area contributed by atoms with Gasteiger partial charge in [-0.05, 0) is 0 Å². The van der Waals surface area contributed by atoms with Gasteiger partial charge in [-0.25, -0.2) is 0 Å². The van der Waals surface area contributed by atoms with Crippen molar-refractivity contribution in [3.63, 3.8) is 0 Å². The van der Waals surface area contributed by atoms with Crippen molar-refractivity contribution in [1.82, 2.24) is 10.6 Å². The highest BCUT2D eigenvalue weighted by atomic mass is 16.7. The monoisotopic (exact) mass is 279 g/mol. The SMILES string of the molecule is [2H]CC(=O)N[C@@H]1[C@@H](O)[C@H](O)[C@@H](CO)OC1(O)NC(C)=O. The summed E-state index contributed by atoms with van der Waals surface area (Å²) in [5, 5.41) is 42.9. The summed E-state index contributed by atoms with van der Waals surface area (Å²) >= 11 is 0. The minimum absolute atomic E-state index is 0.682. The quantitative estimate of drug-likeness (QED) is 0.292. The number of rotatable bonds is 3. The molecule has 0 aromatic carbocycles. The molecule has 9 nitrogen and oxygen atoms in total. The summed E-state index contributed by atoms with van der Waals surface area (Å²) < 4.78 is 11.8. The number of carbonyl (C=O) groups is 2. The Morgan fingerprint density at radius 3 is 2.47 bits per heavy atom. The van der Waals surface area contributed by atoms with Gasteiger partial charge in [-0.15, -0.1) is 0 Å². The molecule has 0 bridgehead atoms. The summed E-state index contributed by atoms with van der Waals surface area (Å²) in [4.78, 5) is 22.3. The van der Waals surface area contributed by atoms with E-state index in [0.29, 0.717) is 0 Å². The largest absolute Gasteiger partial charge is 0.394 e. The first-order valence-electron chi connectivity index (χ1n) is 6.20. The van der Waals surface area contributed by atoms with Crippen LogP contribution in [0, 0.1) is 0 Å². The van der Waals surface area contributed by atoms with Crippen molar-refractivity contribution in [3.05, 3.63) is 0 Å². The highest BCUT2D eigenvalue weighted by molar-refractivity contribution is 5.75. The van der Waals surface area contributed by atoms with Crippen LogP contribution in [-0.4, -0.2) is 69.1 Å². The van der Waals surface area contributed by atoms with Crippen LogP contribution in [0.1, 0.15) is 15.2 Å². The lowest BCUT2D eigenvalue weighted by molar-refractivity contribution is -0.328. The maximum atomic E-state index is 11.2. The van der Waals surface area contributed by atoms with Gasteiger partial charge in [0.1, 0.15) is 24.4 Å².